The second kappa shape index (κ2) is 6.34. The van der Waals surface area contributed by atoms with E-state index in [9.17, 15) is 25.6 Å². The monoisotopic (exact) mass is 342 g/mol. The van der Waals surface area contributed by atoms with Gasteiger partial charge in [-0.3, -0.25) is 0 Å². The third kappa shape index (κ3) is 6.04. The lowest BCUT2D eigenvalue weighted by Crippen LogP contribution is -2.41. The molecule has 120 valence electrons. The topological polar surface area (TPSA) is 106 Å². The molecule has 1 aromatic rings. The highest BCUT2D eigenvalue weighted by atomic mass is 32.2. The van der Waals surface area contributed by atoms with Crippen molar-refractivity contribution in [3.63, 3.8) is 0 Å². The first kappa shape index (κ1) is 18.0. The summed E-state index contributed by atoms with van der Waals surface area (Å²) in [5.41, 5.74) is 5.22. The third-order valence-electron chi connectivity index (χ3n) is 2.48. The van der Waals surface area contributed by atoms with Crippen molar-refractivity contribution in [2.24, 2.45) is 5.73 Å². The Morgan fingerprint density at radius 2 is 1.67 bits per heavy atom. The number of halogens is 2. The summed E-state index contributed by atoms with van der Waals surface area (Å²) in [4.78, 5) is -0.229. The Balaban J connectivity index is 2.85. The molecule has 0 aliphatic carbocycles. The van der Waals surface area contributed by atoms with Crippen molar-refractivity contribution in [1.29, 1.82) is 0 Å². The standard InChI is InChI=1S/C11H16F2N2O4S2/c1-20(16,17)6-9-2-4-10(5-3-9)21(18,19)15-8-11(12,13)7-14/h2-5,15H,6-8,14H2,1H3. The SMILES string of the molecule is CS(=O)(=O)Cc1ccc(S(=O)(=O)NCC(F)(F)CN)cc1. The highest BCUT2D eigenvalue weighted by molar-refractivity contribution is 7.90. The quantitative estimate of drug-likeness (QED) is 0.731. The molecular formula is C11H16F2N2O4S2. The molecule has 21 heavy (non-hydrogen) atoms. The van der Waals surface area contributed by atoms with Crippen LogP contribution in [0.1, 0.15) is 5.56 Å². The van der Waals surface area contributed by atoms with Gasteiger partial charge in [0, 0.05) is 6.26 Å². The summed E-state index contributed by atoms with van der Waals surface area (Å²) >= 11 is 0. The van der Waals surface area contributed by atoms with Crippen LogP contribution in [0, 0.1) is 0 Å². The molecule has 1 rings (SSSR count). The van der Waals surface area contributed by atoms with Gasteiger partial charge in [-0.25, -0.2) is 30.3 Å². The minimum atomic E-state index is -4.10. The molecule has 0 fully saturated rings. The average Bonchev–Trinajstić information content (AvgIpc) is 2.35. The maximum atomic E-state index is 12.9. The first-order valence-corrected chi connectivity index (χ1v) is 9.34. The lowest BCUT2D eigenvalue weighted by molar-refractivity contribution is 0.0170. The number of alkyl halides is 2. The average molecular weight is 342 g/mol. The number of sulfonamides is 1. The molecule has 0 saturated carbocycles. The fourth-order valence-corrected chi connectivity index (χ4v) is 3.28. The normalized spacial score (nSPS) is 13.3. The van der Waals surface area contributed by atoms with E-state index < -0.39 is 38.9 Å². The largest absolute Gasteiger partial charge is 0.325 e. The van der Waals surface area contributed by atoms with Crippen molar-refractivity contribution >= 4 is 19.9 Å². The maximum Gasteiger partial charge on any atom is 0.273 e. The molecule has 0 aromatic heterocycles. The summed E-state index contributed by atoms with van der Waals surface area (Å²) in [6.45, 7) is -2.07. The highest BCUT2D eigenvalue weighted by Crippen LogP contribution is 2.15. The number of nitrogens with one attached hydrogen (secondary N) is 1. The molecule has 0 unspecified atom stereocenters. The van der Waals surface area contributed by atoms with E-state index in [1.807, 2.05) is 0 Å². The van der Waals surface area contributed by atoms with Crippen LogP contribution in [0.4, 0.5) is 8.78 Å². The van der Waals surface area contributed by atoms with Crippen LogP contribution in [0.25, 0.3) is 0 Å². The molecule has 0 radical (unpaired) electrons. The van der Waals surface area contributed by atoms with Gasteiger partial charge in [-0.2, -0.15) is 0 Å². The van der Waals surface area contributed by atoms with Gasteiger partial charge in [0.05, 0.1) is 23.7 Å². The van der Waals surface area contributed by atoms with E-state index in [0.29, 0.717) is 5.56 Å². The summed E-state index contributed by atoms with van der Waals surface area (Å²) in [5.74, 6) is -3.56. The fraction of sp³-hybridized carbons (Fsp3) is 0.455. The van der Waals surface area contributed by atoms with Crippen molar-refractivity contribution in [2.45, 2.75) is 16.6 Å². The Kier molecular flexibility index (Phi) is 5.42. The highest BCUT2D eigenvalue weighted by Gasteiger charge is 2.29. The smallest absolute Gasteiger partial charge is 0.273 e. The van der Waals surface area contributed by atoms with Crippen molar-refractivity contribution < 1.29 is 25.6 Å². The molecule has 1 aromatic carbocycles. The Hall–Kier alpha value is -1.10. The molecule has 0 amide bonds. The van der Waals surface area contributed by atoms with Gasteiger partial charge in [0.1, 0.15) is 0 Å². The molecule has 3 N–H and O–H groups in total. The zero-order valence-corrected chi connectivity index (χ0v) is 12.8. The van der Waals surface area contributed by atoms with Gasteiger partial charge >= 0.3 is 0 Å². The van der Waals surface area contributed by atoms with Gasteiger partial charge in [0.2, 0.25) is 10.0 Å². The summed E-state index contributed by atoms with van der Waals surface area (Å²) in [7, 11) is -7.34. The predicted octanol–water partition coefficient (Wildman–Crippen LogP) is 0.104. The van der Waals surface area contributed by atoms with E-state index in [0.717, 1.165) is 18.4 Å². The van der Waals surface area contributed by atoms with Crippen LogP contribution in [-0.4, -0.2) is 42.1 Å². The molecule has 0 aliphatic rings. The summed E-state index contributed by atoms with van der Waals surface area (Å²) in [6.07, 6.45) is 1.05. The van der Waals surface area contributed by atoms with Crippen molar-refractivity contribution in [3.8, 4) is 0 Å². The van der Waals surface area contributed by atoms with E-state index in [1.165, 1.54) is 12.1 Å². The molecule has 0 spiro atoms. The fourth-order valence-electron chi connectivity index (χ4n) is 1.42. The van der Waals surface area contributed by atoms with Crippen molar-refractivity contribution in [1.82, 2.24) is 4.72 Å². The van der Waals surface area contributed by atoms with Crippen LogP contribution in [0.3, 0.4) is 0 Å². The van der Waals surface area contributed by atoms with Crippen LogP contribution < -0.4 is 10.5 Å². The third-order valence-corrected chi connectivity index (χ3v) is 4.76. The van der Waals surface area contributed by atoms with Crippen LogP contribution in [-0.2, 0) is 25.6 Å². The molecule has 0 bridgehead atoms. The molecule has 0 saturated heterocycles. The predicted molar refractivity (Wildman–Crippen MR) is 74.2 cm³/mol. The second-order valence-corrected chi connectivity index (χ2v) is 8.51. The molecule has 0 heterocycles. The van der Waals surface area contributed by atoms with E-state index in [-0.39, 0.29) is 10.6 Å². The maximum absolute atomic E-state index is 12.9. The first-order chi connectivity index (χ1) is 9.45. The summed E-state index contributed by atoms with van der Waals surface area (Å²) < 4.78 is 73.4. The van der Waals surface area contributed by atoms with Crippen molar-refractivity contribution in [3.05, 3.63) is 29.8 Å². The lowest BCUT2D eigenvalue weighted by atomic mass is 10.2. The Labute approximate surface area is 122 Å². The van der Waals surface area contributed by atoms with Crippen molar-refractivity contribution in [2.75, 3.05) is 19.3 Å². The van der Waals surface area contributed by atoms with E-state index in [2.05, 4.69) is 0 Å². The van der Waals surface area contributed by atoms with Gasteiger partial charge in [-0.05, 0) is 17.7 Å². The summed E-state index contributed by atoms with van der Waals surface area (Å²) in [6, 6.07) is 4.94. The number of hydrogen-bond acceptors (Lipinski definition) is 5. The van der Waals surface area contributed by atoms with Crippen LogP contribution >= 0.6 is 0 Å². The van der Waals surface area contributed by atoms with Gasteiger partial charge in [0.15, 0.2) is 9.84 Å². The van der Waals surface area contributed by atoms with Crippen LogP contribution in [0.15, 0.2) is 29.2 Å². The lowest BCUT2D eigenvalue weighted by Gasteiger charge is -2.14. The van der Waals surface area contributed by atoms with Gasteiger partial charge in [-0.1, -0.05) is 12.1 Å². The molecule has 6 nitrogen and oxygen atoms in total. The Morgan fingerprint density at radius 3 is 2.10 bits per heavy atom. The number of benzene rings is 1. The first-order valence-electron chi connectivity index (χ1n) is 5.79. The molecular weight excluding hydrogens is 326 g/mol. The second-order valence-electron chi connectivity index (χ2n) is 4.60. The van der Waals surface area contributed by atoms with Gasteiger partial charge < -0.3 is 5.73 Å². The number of hydrogen-bond donors (Lipinski definition) is 2. The summed E-state index contributed by atoms with van der Waals surface area (Å²) in [5, 5.41) is 0. The van der Waals surface area contributed by atoms with E-state index in [4.69, 9.17) is 5.73 Å². The Morgan fingerprint density at radius 1 is 1.14 bits per heavy atom. The minimum absolute atomic E-state index is 0.229. The molecule has 0 aliphatic heterocycles. The molecule has 10 heteroatoms. The zero-order valence-electron chi connectivity index (χ0n) is 11.2. The Bertz CT molecular complexity index is 685. The van der Waals surface area contributed by atoms with E-state index >= 15 is 0 Å². The number of rotatable bonds is 7. The molecule has 0 atom stereocenters. The minimum Gasteiger partial charge on any atom is -0.325 e. The van der Waals surface area contributed by atoms with Gasteiger partial charge in [-0.15, -0.1) is 0 Å². The van der Waals surface area contributed by atoms with Gasteiger partial charge in [0.25, 0.3) is 5.92 Å². The number of sulfone groups is 1. The number of nitrogens with two attached hydrogens (primary N) is 1. The van der Waals surface area contributed by atoms with Crippen LogP contribution in [0.2, 0.25) is 0 Å². The van der Waals surface area contributed by atoms with Crippen LogP contribution in [0.5, 0.6) is 0 Å². The van der Waals surface area contributed by atoms with E-state index in [1.54, 1.807) is 4.72 Å². The zero-order chi connectivity index (χ0) is 16.3.